The Morgan fingerprint density at radius 2 is 1.85 bits per heavy atom. The van der Waals surface area contributed by atoms with E-state index in [1.165, 1.54) is 14.2 Å². The Morgan fingerprint density at radius 1 is 1.19 bits per heavy atom. The molecule has 1 aliphatic rings. The second kappa shape index (κ2) is 9.38. The Balaban J connectivity index is 2.48. The second-order valence-electron chi connectivity index (χ2n) is 5.99. The summed E-state index contributed by atoms with van der Waals surface area (Å²) in [5.74, 6) is -1.14. The van der Waals surface area contributed by atoms with Crippen LogP contribution in [-0.2, 0) is 30.3 Å². The minimum absolute atomic E-state index is 0.0437. The maximum absolute atomic E-state index is 12.4. The molecule has 8 nitrogen and oxygen atoms in total. The Labute approximate surface area is 158 Å². The molecule has 148 valence electrons. The van der Waals surface area contributed by atoms with Crippen LogP contribution >= 0.6 is 0 Å². The van der Waals surface area contributed by atoms with Crippen LogP contribution in [0.1, 0.15) is 19.4 Å². The van der Waals surface area contributed by atoms with Gasteiger partial charge in [0.25, 0.3) is 0 Å². The molecule has 0 saturated heterocycles. The lowest BCUT2D eigenvalue weighted by molar-refractivity contribution is -0.140. The zero-order valence-electron chi connectivity index (χ0n) is 16.2. The first-order valence-corrected chi connectivity index (χ1v) is 8.76. The molecule has 0 unspecified atom stereocenters. The van der Waals surface area contributed by atoms with Crippen LogP contribution < -0.4 is 4.90 Å². The van der Waals surface area contributed by atoms with E-state index in [1.54, 1.807) is 23.1 Å². The van der Waals surface area contributed by atoms with E-state index in [0.29, 0.717) is 17.8 Å². The van der Waals surface area contributed by atoms with Gasteiger partial charge in [0.1, 0.15) is 18.2 Å². The standard InChI is InChI=1S/C19H26N2O6/c1-5-20(6-2)10-13-9-14(7-8-16(13)22)21-12-27-11-15(18(23)25-3)17(21)19(24)26-4/h7-9,22H,5-6,10-12H2,1-4H3. The Morgan fingerprint density at radius 3 is 2.44 bits per heavy atom. The summed E-state index contributed by atoms with van der Waals surface area (Å²) in [6, 6.07) is 5.00. The fourth-order valence-electron chi connectivity index (χ4n) is 2.90. The lowest BCUT2D eigenvalue weighted by Gasteiger charge is -2.31. The van der Waals surface area contributed by atoms with Crippen LogP contribution in [0.15, 0.2) is 29.5 Å². The fraction of sp³-hybridized carbons (Fsp3) is 0.474. The zero-order chi connectivity index (χ0) is 20.0. The van der Waals surface area contributed by atoms with E-state index in [-0.39, 0.29) is 30.4 Å². The van der Waals surface area contributed by atoms with Crippen molar-refractivity contribution in [3.63, 3.8) is 0 Å². The van der Waals surface area contributed by atoms with Gasteiger partial charge in [0.15, 0.2) is 0 Å². The number of phenolic OH excluding ortho intramolecular Hbond substituents is 1. The highest BCUT2D eigenvalue weighted by Gasteiger charge is 2.32. The predicted molar refractivity (Wildman–Crippen MR) is 99.1 cm³/mol. The summed E-state index contributed by atoms with van der Waals surface area (Å²) < 4.78 is 15.1. The van der Waals surface area contributed by atoms with Gasteiger partial charge in [-0.3, -0.25) is 4.90 Å². The molecule has 0 bridgehead atoms. The molecule has 0 spiro atoms. The van der Waals surface area contributed by atoms with Crippen LogP contribution in [0.4, 0.5) is 5.69 Å². The number of aromatic hydroxyl groups is 1. The van der Waals surface area contributed by atoms with E-state index in [4.69, 9.17) is 14.2 Å². The zero-order valence-corrected chi connectivity index (χ0v) is 16.2. The molecular weight excluding hydrogens is 352 g/mol. The number of hydrogen-bond donors (Lipinski definition) is 1. The van der Waals surface area contributed by atoms with E-state index >= 15 is 0 Å². The summed E-state index contributed by atoms with van der Waals surface area (Å²) in [6.07, 6.45) is 0. The molecule has 0 atom stereocenters. The van der Waals surface area contributed by atoms with Gasteiger partial charge in [-0.15, -0.1) is 0 Å². The van der Waals surface area contributed by atoms with Crippen molar-refractivity contribution in [2.24, 2.45) is 0 Å². The van der Waals surface area contributed by atoms with E-state index in [0.717, 1.165) is 13.1 Å². The van der Waals surface area contributed by atoms with Gasteiger partial charge in [-0.2, -0.15) is 0 Å². The summed E-state index contributed by atoms with van der Waals surface area (Å²) in [6.45, 7) is 6.35. The summed E-state index contributed by atoms with van der Waals surface area (Å²) >= 11 is 0. The number of esters is 2. The number of rotatable bonds is 7. The highest BCUT2D eigenvalue weighted by molar-refractivity contribution is 6.03. The summed E-state index contributed by atoms with van der Waals surface area (Å²) in [7, 11) is 2.49. The average Bonchev–Trinajstić information content (AvgIpc) is 2.71. The molecule has 8 heteroatoms. The molecule has 1 aliphatic heterocycles. The largest absolute Gasteiger partial charge is 0.508 e. The van der Waals surface area contributed by atoms with Crippen molar-refractivity contribution in [2.45, 2.75) is 20.4 Å². The van der Waals surface area contributed by atoms with Crippen molar-refractivity contribution in [1.29, 1.82) is 0 Å². The molecule has 1 aromatic rings. The molecule has 0 radical (unpaired) electrons. The number of benzene rings is 1. The maximum atomic E-state index is 12.4. The highest BCUT2D eigenvalue weighted by Crippen LogP contribution is 2.31. The number of hydrogen-bond acceptors (Lipinski definition) is 8. The van der Waals surface area contributed by atoms with E-state index in [2.05, 4.69) is 4.90 Å². The molecule has 1 heterocycles. The lowest BCUT2D eigenvalue weighted by atomic mass is 10.1. The van der Waals surface area contributed by atoms with Crippen LogP contribution in [0.2, 0.25) is 0 Å². The molecule has 2 rings (SSSR count). The molecular formula is C19H26N2O6. The monoisotopic (exact) mass is 378 g/mol. The number of methoxy groups -OCH3 is 2. The van der Waals surface area contributed by atoms with E-state index in [1.807, 2.05) is 13.8 Å². The molecule has 0 aromatic heterocycles. The Kier molecular flexibility index (Phi) is 7.20. The van der Waals surface area contributed by atoms with Crippen LogP contribution in [0.5, 0.6) is 5.75 Å². The topological polar surface area (TPSA) is 88.5 Å². The highest BCUT2D eigenvalue weighted by atomic mass is 16.5. The molecule has 0 saturated carbocycles. The number of carbonyl (C=O) groups excluding carboxylic acids is 2. The van der Waals surface area contributed by atoms with Gasteiger partial charge in [-0.1, -0.05) is 13.8 Å². The van der Waals surface area contributed by atoms with Crippen molar-refractivity contribution < 1.29 is 28.9 Å². The Hall–Kier alpha value is -2.58. The van der Waals surface area contributed by atoms with Gasteiger partial charge in [-0.25, -0.2) is 9.59 Å². The predicted octanol–water partition coefficient (Wildman–Crippen LogP) is 1.63. The first-order chi connectivity index (χ1) is 13.0. The van der Waals surface area contributed by atoms with Crippen LogP contribution in [0, 0.1) is 0 Å². The van der Waals surface area contributed by atoms with E-state index < -0.39 is 11.9 Å². The third-order valence-corrected chi connectivity index (χ3v) is 4.50. The van der Waals surface area contributed by atoms with Crippen LogP contribution in [0.3, 0.4) is 0 Å². The number of anilines is 1. The van der Waals surface area contributed by atoms with Gasteiger partial charge >= 0.3 is 11.9 Å². The maximum Gasteiger partial charge on any atom is 0.355 e. The van der Waals surface area contributed by atoms with Gasteiger partial charge in [0.05, 0.1) is 26.4 Å². The third kappa shape index (κ3) is 4.58. The third-order valence-electron chi connectivity index (χ3n) is 4.50. The van der Waals surface area contributed by atoms with Gasteiger partial charge < -0.3 is 24.2 Å². The molecule has 0 amide bonds. The molecule has 1 N–H and O–H groups in total. The first-order valence-electron chi connectivity index (χ1n) is 8.76. The van der Waals surface area contributed by atoms with Crippen molar-refractivity contribution in [2.75, 3.05) is 45.5 Å². The SMILES string of the molecule is CCN(CC)Cc1cc(N2COCC(C(=O)OC)=C2C(=O)OC)ccc1O. The second-order valence-corrected chi connectivity index (χ2v) is 5.99. The van der Waals surface area contributed by atoms with Crippen LogP contribution in [-0.4, -0.2) is 62.6 Å². The number of carbonyl (C=O) groups is 2. The molecule has 27 heavy (non-hydrogen) atoms. The normalized spacial score (nSPS) is 14.5. The lowest BCUT2D eigenvalue weighted by Crippen LogP contribution is -2.38. The summed E-state index contributed by atoms with van der Waals surface area (Å²) in [4.78, 5) is 28.1. The minimum Gasteiger partial charge on any atom is -0.508 e. The van der Waals surface area contributed by atoms with Gasteiger partial charge in [0.2, 0.25) is 0 Å². The van der Waals surface area contributed by atoms with Crippen molar-refractivity contribution >= 4 is 17.6 Å². The molecule has 0 aliphatic carbocycles. The van der Waals surface area contributed by atoms with Crippen molar-refractivity contribution in [3.8, 4) is 5.75 Å². The van der Waals surface area contributed by atoms with Gasteiger partial charge in [0, 0.05) is 17.8 Å². The molecule has 0 fully saturated rings. The van der Waals surface area contributed by atoms with E-state index in [9.17, 15) is 14.7 Å². The average molecular weight is 378 g/mol. The number of phenols is 1. The minimum atomic E-state index is -0.655. The number of nitrogens with zero attached hydrogens (tertiary/aromatic N) is 2. The Bertz CT molecular complexity index is 727. The molecule has 1 aromatic carbocycles. The van der Waals surface area contributed by atoms with Crippen molar-refractivity contribution in [1.82, 2.24) is 4.90 Å². The first kappa shape index (κ1) is 20.7. The number of ether oxygens (including phenoxy) is 3. The smallest absolute Gasteiger partial charge is 0.355 e. The van der Waals surface area contributed by atoms with Crippen molar-refractivity contribution in [3.05, 3.63) is 35.0 Å². The van der Waals surface area contributed by atoms with Crippen LogP contribution in [0.25, 0.3) is 0 Å². The fourth-order valence-corrected chi connectivity index (χ4v) is 2.90. The van der Waals surface area contributed by atoms with Gasteiger partial charge in [-0.05, 0) is 31.3 Å². The summed E-state index contributed by atoms with van der Waals surface area (Å²) in [5, 5.41) is 10.2. The quantitative estimate of drug-likeness (QED) is 0.716. The summed E-state index contributed by atoms with van der Waals surface area (Å²) in [5.41, 5.74) is 1.49.